The molecule has 0 aromatic rings. The highest BCUT2D eigenvalue weighted by Crippen LogP contribution is 2.50. The summed E-state index contributed by atoms with van der Waals surface area (Å²) in [5.74, 6) is -2.41. The van der Waals surface area contributed by atoms with E-state index in [2.05, 4.69) is 4.90 Å². The Morgan fingerprint density at radius 1 is 1.38 bits per heavy atom. The lowest BCUT2D eigenvalue weighted by Crippen LogP contribution is -2.60. The number of fused-ring (bicyclic) bond motifs is 1. The molecule has 3 aliphatic rings. The molecule has 0 radical (unpaired) electrons. The summed E-state index contributed by atoms with van der Waals surface area (Å²) in [7, 11) is 0. The summed E-state index contributed by atoms with van der Waals surface area (Å²) in [5.41, 5.74) is 5.36. The van der Waals surface area contributed by atoms with Crippen LogP contribution in [0.3, 0.4) is 0 Å². The zero-order valence-corrected chi connectivity index (χ0v) is 14.2. The number of amides is 2. The molecule has 3 atom stereocenters. The first kappa shape index (κ1) is 17.2. The van der Waals surface area contributed by atoms with Crippen LogP contribution in [-0.2, 0) is 14.4 Å². The normalized spacial score (nSPS) is 29.4. The summed E-state index contributed by atoms with van der Waals surface area (Å²) in [4.78, 5) is 39.0. The van der Waals surface area contributed by atoms with Crippen molar-refractivity contribution in [2.45, 2.75) is 31.2 Å². The number of hydrogen-bond acceptors (Lipinski definition) is 6. The molecule has 0 saturated carbocycles. The van der Waals surface area contributed by atoms with Gasteiger partial charge in [-0.05, 0) is 32.9 Å². The van der Waals surface area contributed by atoms with Gasteiger partial charge in [0, 0.05) is 17.4 Å². The van der Waals surface area contributed by atoms with Crippen LogP contribution in [0.5, 0.6) is 0 Å². The Kier molecular flexibility index (Phi) is 4.58. The standard InChI is InChI=1S/C15H21N3O5S/c1-7(19)10-13(21)18-11(15(22)23)9(24-14(10)18)6-17-4-2-8(3-5-17)12(16)20/h7-8,10,14,19H,2-6H2,1H3,(H2,16,20)(H,22,23)/t7-,10+,14-/m1/s1. The molecule has 3 heterocycles. The van der Waals surface area contributed by atoms with Gasteiger partial charge in [0.15, 0.2) is 0 Å². The Hall–Kier alpha value is -1.58. The number of carbonyl (C=O) groups is 3. The Morgan fingerprint density at radius 3 is 2.50 bits per heavy atom. The molecule has 0 aromatic heterocycles. The van der Waals surface area contributed by atoms with Gasteiger partial charge in [0.25, 0.3) is 0 Å². The molecule has 0 bridgehead atoms. The van der Waals surface area contributed by atoms with Crippen LogP contribution in [0.2, 0.25) is 0 Å². The van der Waals surface area contributed by atoms with Gasteiger partial charge >= 0.3 is 5.97 Å². The topological polar surface area (TPSA) is 124 Å². The summed E-state index contributed by atoms with van der Waals surface area (Å²) < 4.78 is 0. The van der Waals surface area contributed by atoms with Crippen LogP contribution < -0.4 is 5.73 Å². The van der Waals surface area contributed by atoms with Gasteiger partial charge in [0.05, 0.1) is 12.0 Å². The maximum atomic E-state index is 12.1. The van der Waals surface area contributed by atoms with Gasteiger partial charge in [-0.2, -0.15) is 0 Å². The van der Waals surface area contributed by atoms with E-state index in [4.69, 9.17) is 5.73 Å². The second-order valence-electron chi connectivity index (χ2n) is 6.51. The summed E-state index contributed by atoms with van der Waals surface area (Å²) in [6, 6.07) is 0. The van der Waals surface area contributed by atoms with E-state index < -0.39 is 18.0 Å². The van der Waals surface area contributed by atoms with Gasteiger partial charge in [-0.3, -0.25) is 19.4 Å². The number of β-lactam (4-membered cyclic amide) rings is 1. The number of primary amides is 1. The molecule has 8 nitrogen and oxygen atoms in total. The second kappa shape index (κ2) is 6.38. The number of nitrogens with zero attached hydrogens (tertiary/aromatic N) is 2. The number of hydrogen-bond donors (Lipinski definition) is 3. The van der Waals surface area contributed by atoms with Gasteiger partial charge in [0.2, 0.25) is 11.8 Å². The highest BCUT2D eigenvalue weighted by molar-refractivity contribution is 8.04. The van der Waals surface area contributed by atoms with Crippen LogP contribution >= 0.6 is 11.8 Å². The second-order valence-corrected chi connectivity index (χ2v) is 7.72. The molecule has 3 aliphatic heterocycles. The largest absolute Gasteiger partial charge is 0.477 e. The third kappa shape index (κ3) is 2.80. The summed E-state index contributed by atoms with van der Waals surface area (Å²) >= 11 is 1.35. The SMILES string of the molecule is C[C@@H](O)[C@H]1C(=O)N2C(C(=O)O)=C(CN3CCC(C(N)=O)CC3)S[C@H]12. The van der Waals surface area contributed by atoms with Crippen LogP contribution in [0.15, 0.2) is 10.6 Å². The number of carbonyl (C=O) groups excluding carboxylic acids is 2. The minimum atomic E-state index is -1.12. The van der Waals surface area contributed by atoms with E-state index in [9.17, 15) is 24.6 Å². The van der Waals surface area contributed by atoms with E-state index in [1.807, 2.05) is 0 Å². The Bertz CT molecular complexity index is 612. The van der Waals surface area contributed by atoms with E-state index in [0.29, 0.717) is 37.4 Å². The maximum Gasteiger partial charge on any atom is 0.353 e. The number of aliphatic hydroxyl groups excluding tert-OH is 1. The first-order valence-corrected chi connectivity index (χ1v) is 8.85. The fraction of sp³-hybridized carbons (Fsp3) is 0.667. The van der Waals surface area contributed by atoms with Crippen molar-refractivity contribution in [2.24, 2.45) is 17.6 Å². The zero-order valence-electron chi connectivity index (χ0n) is 13.3. The molecule has 2 amide bonds. The molecule has 2 fully saturated rings. The lowest BCUT2D eigenvalue weighted by molar-refractivity contribution is -0.156. The lowest BCUT2D eigenvalue weighted by Gasteiger charge is -2.43. The van der Waals surface area contributed by atoms with E-state index in [1.165, 1.54) is 16.7 Å². The van der Waals surface area contributed by atoms with Crippen molar-refractivity contribution in [2.75, 3.05) is 19.6 Å². The highest BCUT2D eigenvalue weighted by atomic mass is 32.2. The molecule has 0 spiro atoms. The minimum Gasteiger partial charge on any atom is -0.477 e. The van der Waals surface area contributed by atoms with Crippen LogP contribution in [0.1, 0.15) is 19.8 Å². The molecule has 0 unspecified atom stereocenters. The molecular formula is C15H21N3O5S. The quantitative estimate of drug-likeness (QED) is 0.562. The van der Waals surface area contributed by atoms with Crippen LogP contribution in [0.25, 0.3) is 0 Å². The number of piperidine rings is 1. The van der Waals surface area contributed by atoms with Crippen molar-refractivity contribution in [3.05, 3.63) is 10.6 Å². The zero-order chi connectivity index (χ0) is 17.6. The predicted octanol–water partition coefficient (Wildman–Crippen LogP) is -0.608. The Labute approximate surface area is 143 Å². The molecule has 132 valence electrons. The van der Waals surface area contributed by atoms with Gasteiger partial charge in [0.1, 0.15) is 11.1 Å². The van der Waals surface area contributed by atoms with E-state index in [-0.39, 0.29) is 28.8 Å². The lowest BCUT2D eigenvalue weighted by atomic mass is 9.92. The van der Waals surface area contributed by atoms with Crippen molar-refractivity contribution in [3.63, 3.8) is 0 Å². The first-order valence-electron chi connectivity index (χ1n) is 7.97. The van der Waals surface area contributed by atoms with Gasteiger partial charge in [-0.1, -0.05) is 0 Å². The number of carboxylic acid groups (broad SMARTS) is 1. The van der Waals surface area contributed by atoms with Crippen LogP contribution in [0.4, 0.5) is 0 Å². The predicted molar refractivity (Wildman–Crippen MR) is 86.4 cm³/mol. The van der Waals surface area contributed by atoms with E-state index in [0.717, 1.165) is 0 Å². The fourth-order valence-electron chi connectivity index (χ4n) is 3.54. The molecule has 4 N–H and O–H groups in total. The van der Waals surface area contributed by atoms with Crippen molar-refractivity contribution >= 4 is 29.5 Å². The third-order valence-corrected chi connectivity index (χ3v) is 6.28. The average molecular weight is 355 g/mol. The Morgan fingerprint density at radius 2 is 2.00 bits per heavy atom. The van der Waals surface area contributed by atoms with Crippen LogP contribution in [-0.4, -0.2) is 68.9 Å². The molecule has 3 rings (SSSR count). The van der Waals surface area contributed by atoms with Gasteiger partial charge in [-0.15, -0.1) is 11.8 Å². The summed E-state index contributed by atoms with van der Waals surface area (Å²) in [5, 5.41) is 18.9. The fourth-order valence-corrected chi connectivity index (χ4v) is 5.19. The molecule has 9 heteroatoms. The van der Waals surface area contributed by atoms with Gasteiger partial charge in [-0.25, -0.2) is 4.79 Å². The molecule has 2 saturated heterocycles. The number of likely N-dealkylation sites (tertiary alicyclic amines) is 1. The monoisotopic (exact) mass is 355 g/mol. The Balaban J connectivity index is 1.70. The summed E-state index contributed by atoms with van der Waals surface area (Å²) in [6.07, 6.45) is 0.530. The van der Waals surface area contributed by atoms with Crippen molar-refractivity contribution < 1.29 is 24.6 Å². The number of aliphatic carboxylic acids is 1. The van der Waals surface area contributed by atoms with Crippen LogP contribution in [0, 0.1) is 11.8 Å². The number of thioether (sulfide) groups is 1. The van der Waals surface area contributed by atoms with E-state index >= 15 is 0 Å². The number of carboxylic acids is 1. The van der Waals surface area contributed by atoms with E-state index in [1.54, 1.807) is 6.92 Å². The van der Waals surface area contributed by atoms with Crippen molar-refractivity contribution in [1.29, 1.82) is 0 Å². The highest BCUT2D eigenvalue weighted by Gasteiger charge is 2.57. The number of nitrogens with two attached hydrogens (primary N) is 1. The summed E-state index contributed by atoms with van der Waals surface area (Å²) in [6.45, 7) is 3.32. The minimum absolute atomic E-state index is 0.0314. The number of aliphatic hydroxyl groups is 1. The smallest absolute Gasteiger partial charge is 0.353 e. The van der Waals surface area contributed by atoms with Crippen molar-refractivity contribution in [1.82, 2.24) is 9.80 Å². The first-order chi connectivity index (χ1) is 11.3. The molecular weight excluding hydrogens is 334 g/mol. The molecule has 24 heavy (non-hydrogen) atoms. The average Bonchev–Trinajstić information content (AvgIpc) is 2.81. The molecule has 0 aromatic carbocycles. The maximum absolute atomic E-state index is 12.1. The molecule has 0 aliphatic carbocycles. The van der Waals surface area contributed by atoms with Crippen molar-refractivity contribution in [3.8, 4) is 0 Å². The third-order valence-electron chi connectivity index (χ3n) is 4.93. The number of rotatable bonds is 5. The van der Waals surface area contributed by atoms with Gasteiger partial charge < -0.3 is 15.9 Å².